The molecule has 6 aromatic rings. The van der Waals surface area contributed by atoms with Crippen LogP contribution in [0.2, 0.25) is 5.82 Å². The van der Waals surface area contributed by atoms with Crippen molar-refractivity contribution in [2.24, 2.45) is 5.11 Å². The van der Waals surface area contributed by atoms with Gasteiger partial charge >= 0.3 is 39.8 Å². The van der Waals surface area contributed by atoms with Gasteiger partial charge in [0, 0.05) is 47.4 Å². The summed E-state index contributed by atoms with van der Waals surface area (Å²) >= 11 is 0. The minimum absolute atomic E-state index is 0.00407. The first-order valence-corrected chi connectivity index (χ1v) is 27.1. The third-order valence-corrected chi connectivity index (χ3v) is 13.8. The van der Waals surface area contributed by atoms with Crippen LogP contribution in [0.3, 0.4) is 0 Å². The Morgan fingerprint density at radius 2 is 0.885 bits per heavy atom. The molecule has 462 valence electrons. The summed E-state index contributed by atoms with van der Waals surface area (Å²) in [5.41, 5.74) is 23.3. The number of nitrogens with two attached hydrogens (primary N) is 3. The molecular weight excluding hydrogens is 1190 g/mol. The van der Waals surface area contributed by atoms with Gasteiger partial charge in [-0.1, -0.05) is 42.2 Å². The number of nitro benzene ring substituents is 5. The standard InChI is InChI=1S/C9H8FNO2.C9H8N4O2.C9H10N2O2.C9H12N2.C7H3F4NO5S.C6H4FNO3.C3H7BO2/c10-8-5-7(6-1-2-6)3-4-9(8)11(12)13;10-12-11-8-5-7(6-1-2-6)3-4-9(8)13(14)15;10-8-5-7(6-1-2-6)3-4-9(8)11(12)13;10-8-4-3-7(5-9(8)11)6-1-2-6;8-5-3-4(1-2-6(5)12(13)14)17-18(15,16)7(9,10)11;7-5-3-4(9)1-2-6(5)8(10)11;5-4(6)3-1-2-3/h3-6H,1-2H2;3-6H,1-2H2;3-6H,1-2,10H2;3-6H,1-2,10-11H2;1-3H;1-3,9H;3,5-6H,1-2H2. The normalized spacial score (nSPS) is 14.5. The number of nitrogens with zero attached hydrogens (tertiary/aromatic N) is 8. The monoisotopic (exact) mass is 1240 g/mol. The molecule has 6 aromatic carbocycles. The van der Waals surface area contributed by atoms with Crippen LogP contribution in [0.5, 0.6) is 11.5 Å². The van der Waals surface area contributed by atoms with Crippen molar-refractivity contribution in [1.29, 1.82) is 0 Å². The van der Waals surface area contributed by atoms with E-state index >= 15 is 0 Å². The molecule has 0 radical (unpaired) electrons. The van der Waals surface area contributed by atoms with E-state index in [9.17, 15) is 85.3 Å². The number of anilines is 3. The van der Waals surface area contributed by atoms with Crippen LogP contribution in [0, 0.1) is 68.0 Å². The number of nitro groups is 5. The van der Waals surface area contributed by atoms with Gasteiger partial charge in [-0.3, -0.25) is 50.6 Å². The van der Waals surface area contributed by atoms with Crippen LogP contribution in [0.4, 0.5) is 77.5 Å². The molecule has 27 nitrogen and oxygen atoms in total. The first-order chi connectivity index (χ1) is 40.8. The van der Waals surface area contributed by atoms with Crippen LogP contribution in [-0.2, 0) is 10.1 Å². The van der Waals surface area contributed by atoms with E-state index in [2.05, 4.69) is 20.3 Å². The molecule has 0 spiro atoms. The van der Waals surface area contributed by atoms with E-state index in [-0.39, 0.29) is 40.4 Å². The van der Waals surface area contributed by atoms with Crippen LogP contribution in [0.25, 0.3) is 10.4 Å². The molecule has 5 aliphatic carbocycles. The van der Waals surface area contributed by atoms with E-state index in [4.69, 9.17) is 37.9 Å². The maximum absolute atomic E-state index is 13.0. The minimum atomic E-state index is -5.94. The highest BCUT2D eigenvalue weighted by molar-refractivity contribution is 7.88. The number of benzene rings is 6. The van der Waals surface area contributed by atoms with E-state index in [1.165, 1.54) is 55.5 Å². The van der Waals surface area contributed by atoms with E-state index in [1.54, 1.807) is 30.3 Å². The van der Waals surface area contributed by atoms with Gasteiger partial charge in [0.2, 0.25) is 17.5 Å². The van der Waals surface area contributed by atoms with Crippen molar-refractivity contribution in [3.05, 3.63) is 210 Å². The van der Waals surface area contributed by atoms with Gasteiger partial charge in [0.1, 0.15) is 22.9 Å². The first-order valence-electron chi connectivity index (χ1n) is 25.7. The zero-order chi connectivity index (χ0) is 64.7. The lowest BCUT2D eigenvalue weighted by molar-refractivity contribution is -0.387. The van der Waals surface area contributed by atoms with Crippen molar-refractivity contribution in [3.8, 4) is 11.5 Å². The SMILES string of the molecule is Nc1cc(C2CC2)ccc1[N+](=O)[O-].Nc1ccc(C2CC2)cc1N.O=[N+]([O-])c1ccc(C2CC2)cc1F.O=[N+]([O-])c1ccc(O)cc1F.O=[N+]([O-])c1ccc(OS(=O)(=O)C(F)(F)F)cc1F.OB(O)C1CC1.[N-]=[N+]=Nc1cc(C2CC2)ccc1[N+](=O)[O-]. The molecule has 0 saturated heterocycles. The Morgan fingerprint density at radius 1 is 0.517 bits per heavy atom. The van der Waals surface area contributed by atoms with Crippen molar-refractivity contribution in [2.75, 3.05) is 17.2 Å². The molecule has 0 unspecified atom stereocenters. The van der Waals surface area contributed by atoms with Gasteiger partial charge in [-0.05, 0) is 151 Å². The fourth-order valence-electron chi connectivity index (χ4n) is 7.41. The molecule has 11 rings (SSSR count). The number of hydrogen-bond donors (Lipinski definition) is 6. The van der Waals surface area contributed by atoms with Gasteiger partial charge in [0.05, 0.1) is 36.0 Å². The lowest BCUT2D eigenvalue weighted by Crippen LogP contribution is -2.28. The number of phenols is 1. The second kappa shape index (κ2) is 29.8. The van der Waals surface area contributed by atoms with Crippen molar-refractivity contribution >= 4 is 68.4 Å². The Labute approximate surface area is 488 Å². The summed E-state index contributed by atoms with van der Waals surface area (Å²) < 4.78 is 98.9. The number of aromatic hydroxyl groups is 1. The Hall–Kier alpha value is -9.86. The van der Waals surface area contributed by atoms with Gasteiger partial charge in [0.15, 0.2) is 0 Å². The number of azide groups is 1. The molecular formula is C52H52BF6N11O16S. The molecule has 5 fully saturated rings. The van der Waals surface area contributed by atoms with E-state index in [0.29, 0.717) is 41.6 Å². The molecule has 0 atom stereocenters. The molecule has 5 saturated carbocycles. The Morgan fingerprint density at radius 3 is 1.23 bits per heavy atom. The third kappa shape index (κ3) is 21.3. The van der Waals surface area contributed by atoms with Crippen molar-refractivity contribution < 1.29 is 78.7 Å². The van der Waals surface area contributed by atoms with E-state index in [0.717, 1.165) is 79.0 Å². The summed E-state index contributed by atoms with van der Waals surface area (Å²) in [6.45, 7) is 0. The van der Waals surface area contributed by atoms with Crippen LogP contribution in [0.15, 0.2) is 114 Å². The fourth-order valence-corrected chi connectivity index (χ4v) is 7.86. The molecule has 0 amide bonds. The number of halogens is 6. The van der Waals surface area contributed by atoms with Crippen LogP contribution in [-0.4, -0.2) is 60.8 Å². The highest BCUT2D eigenvalue weighted by Crippen LogP contribution is 2.45. The Kier molecular flexibility index (Phi) is 23.3. The number of phenolic OH excluding ortho intramolecular Hbond substituents is 1. The predicted octanol–water partition coefficient (Wildman–Crippen LogP) is 12.8. The molecule has 9 N–H and O–H groups in total. The minimum Gasteiger partial charge on any atom is -0.508 e. The summed E-state index contributed by atoms with van der Waals surface area (Å²) in [5, 5.41) is 80.1. The average molecular weight is 1240 g/mol. The van der Waals surface area contributed by atoms with Crippen LogP contribution in [0.1, 0.15) is 110 Å². The largest absolute Gasteiger partial charge is 0.534 e. The second-order valence-corrected chi connectivity index (χ2v) is 21.3. The second-order valence-electron chi connectivity index (χ2n) is 19.7. The van der Waals surface area contributed by atoms with Gasteiger partial charge in [-0.25, -0.2) is 0 Å². The molecule has 0 aromatic heterocycles. The highest BCUT2D eigenvalue weighted by Gasteiger charge is 2.48. The molecule has 5 aliphatic rings. The topological polar surface area (TPSA) is 447 Å². The predicted molar refractivity (Wildman–Crippen MR) is 302 cm³/mol. The Bertz CT molecular complexity index is 3610. The lowest BCUT2D eigenvalue weighted by atomic mass is 9.84. The zero-order valence-electron chi connectivity index (χ0n) is 45.1. The van der Waals surface area contributed by atoms with Crippen molar-refractivity contribution in [3.63, 3.8) is 0 Å². The van der Waals surface area contributed by atoms with Crippen molar-refractivity contribution in [2.45, 2.75) is 99.2 Å². The number of alkyl halides is 3. The quantitative estimate of drug-likeness (QED) is 0.00597. The van der Waals surface area contributed by atoms with Crippen molar-refractivity contribution in [1.82, 2.24) is 0 Å². The zero-order valence-corrected chi connectivity index (χ0v) is 45.9. The average Bonchev–Trinajstić information content (AvgIpc) is 3.04. The van der Waals surface area contributed by atoms with Crippen LogP contribution >= 0.6 is 0 Å². The number of nitrogen functional groups attached to an aromatic ring is 3. The van der Waals surface area contributed by atoms with Gasteiger partial charge < -0.3 is 36.5 Å². The summed E-state index contributed by atoms with van der Waals surface area (Å²) in [4.78, 5) is 50.5. The molecule has 0 aliphatic heterocycles. The maximum atomic E-state index is 13.0. The first kappa shape index (κ1) is 67.9. The Balaban J connectivity index is 0.000000188. The van der Waals surface area contributed by atoms with E-state index < -0.39 is 87.6 Å². The highest BCUT2D eigenvalue weighted by atomic mass is 32.2. The fraction of sp³-hybridized carbons (Fsp3) is 0.308. The number of hydrogen-bond acceptors (Lipinski definition) is 20. The molecule has 87 heavy (non-hydrogen) atoms. The summed E-state index contributed by atoms with van der Waals surface area (Å²) in [6, 6.07) is 23.7. The maximum Gasteiger partial charge on any atom is 0.534 e. The van der Waals surface area contributed by atoms with Gasteiger partial charge in [0.25, 0.3) is 11.4 Å². The molecule has 0 bridgehead atoms. The van der Waals surface area contributed by atoms with Crippen LogP contribution < -0.4 is 21.4 Å². The summed E-state index contributed by atoms with van der Waals surface area (Å²) in [6.07, 6.45) is 11.3. The number of rotatable bonds is 13. The smallest absolute Gasteiger partial charge is 0.508 e. The van der Waals surface area contributed by atoms with Gasteiger partial charge in [-0.2, -0.15) is 34.8 Å². The lowest BCUT2D eigenvalue weighted by Gasteiger charge is -2.09. The van der Waals surface area contributed by atoms with Gasteiger partial charge in [-0.15, -0.1) is 0 Å². The summed E-state index contributed by atoms with van der Waals surface area (Å²) in [5.74, 6) is -2.15. The summed E-state index contributed by atoms with van der Waals surface area (Å²) in [7, 11) is -6.97. The molecule has 35 heteroatoms. The molecule has 0 heterocycles. The van der Waals surface area contributed by atoms with E-state index in [1.807, 2.05) is 12.1 Å². The third-order valence-electron chi connectivity index (χ3n) is 12.8.